The Kier molecular flexibility index (Phi) is 4.75. The highest BCUT2D eigenvalue weighted by Gasteiger charge is 2.42. The predicted octanol–water partition coefficient (Wildman–Crippen LogP) is 3.30. The van der Waals surface area contributed by atoms with Crippen LogP contribution >= 0.6 is 11.3 Å². The summed E-state index contributed by atoms with van der Waals surface area (Å²) in [6.07, 6.45) is 1.81. The van der Waals surface area contributed by atoms with Crippen molar-refractivity contribution in [3.63, 3.8) is 0 Å². The third kappa shape index (κ3) is 3.32. The average molecular weight is 391 g/mol. The van der Waals surface area contributed by atoms with Gasteiger partial charge in [0.1, 0.15) is 6.04 Å². The number of amides is 3. The summed E-state index contributed by atoms with van der Waals surface area (Å²) in [5, 5.41) is 4.89. The van der Waals surface area contributed by atoms with Crippen molar-refractivity contribution in [1.29, 1.82) is 0 Å². The van der Waals surface area contributed by atoms with Crippen LogP contribution in [0.5, 0.6) is 0 Å². The summed E-state index contributed by atoms with van der Waals surface area (Å²) in [5.41, 5.74) is 2.60. The lowest BCUT2D eigenvalue weighted by atomic mass is 10.0. The Morgan fingerprint density at radius 1 is 1.07 bits per heavy atom. The van der Waals surface area contributed by atoms with E-state index in [-0.39, 0.29) is 6.42 Å². The molecule has 0 bridgehead atoms. The molecule has 3 aromatic rings. The van der Waals surface area contributed by atoms with Crippen LogP contribution in [0.15, 0.2) is 60.1 Å². The summed E-state index contributed by atoms with van der Waals surface area (Å²) in [4.78, 5) is 44.0. The molecule has 2 aromatic carbocycles. The summed E-state index contributed by atoms with van der Waals surface area (Å²) in [7, 11) is 0. The van der Waals surface area contributed by atoms with Crippen LogP contribution in [0.25, 0.3) is 0 Å². The first-order valence-corrected chi connectivity index (χ1v) is 9.65. The quantitative estimate of drug-likeness (QED) is 0.677. The van der Waals surface area contributed by atoms with Gasteiger partial charge in [-0.2, -0.15) is 0 Å². The largest absolute Gasteiger partial charge is 0.300 e. The molecule has 1 atom stereocenters. The molecule has 0 spiro atoms. The number of nitrogens with one attached hydrogen (secondary N) is 1. The molecule has 0 fully saturated rings. The van der Waals surface area contributed by atoms with E-state index in [1.54, 1.807) is 35.8 Å². The molecule has 1 aromatic heterocycles. The number of aromatic nitrogens is 1. The molecule has 0 saturated carbocycles. The monoisotopic (exact) mass is 391 g/mol. The second-order valence-electron chi connectivity index (χ2n) is 6.56. The van der Waals surface area contributed by atoms with Gasteiger partial charge in [-0.15, -0.1) is 11.3 Å². The van der Waals surface area contributed by atoms with Gasteiger partial charge >= 0.3 is 0 Å². The van der Waals surface area contributed by atoms with Gasteiger partial charge in [-0.1, -0.05) is 42.0 Å². The molecule has 4 rings (SSSR count). The Balaban J connectivity index is 1.68. The van der Waals surface area contributed by atoms with Gasteiger partial charge in [-0.05, 0) is 24.6 Å². The van der Waals surface area contributed by atoms with E-state index in [9.17, 15) is 14.4 Å². The van der Waals surface area contributed by atoms with Crippen LogP contribution in [-0.4, -0.2) is 33.6 Å². The SMILES string of the molecule is Cc1ccc(CC(C(=O)Nc2nccs2)N2C(=O)c3ccccc3C2=O)cc1. The Labute approximate surface area is 165 Å². The Morgan fingerprint density at radius 2 is 1.71 bits per heavy atom. The van der Waals surface area contributed by atoms with E-state index >= 15 is 0 Å². The van der Waals surface area contributed by atoms with E-state index in [2.05, 4.69) is 10.3 Å². The number of thiazole rings is 1. The maximum atomic E-state index is 13.0. The van der Waals surface area contributed by atoms with Crippen molar-refractivity contribution in [3.05, 3.63) is 82.4 Å². The maximum Gasteiger partial charge on any atom is 0.262 e. The fourth-order valence-electron chi connectivity index (χ4n) is 3.21. The lowest BCUT2D eigenvalue weighted by molar-refractivity contribution is -0.119. The van der Waals surface area contributed by atoms with Gasteiger partial charge in [0, 0.05) is 18.0 Å². The minimum atomic E-state index is -0.973. The molecule has 0 saturated heterocycles. The molecule has 1 aliphatic rings. The maximum absolute atomic E-state index is 13.0. The van der Waals surface area contributed by atoms with Crippen molar-refractivity contribution in [2.45, 2.75) is 19.4 Å². The van der Waals surface area contributed by atoms with Crippen molar-refractivity contribution in [3.8, 4) is 0 Å². The van der Waals surface area contributed by atoms with Crippen molar-refractivity contribution in [2.24, 2.45) is 0 Å². The number of benzene rings is 2. The van der Waals surface area contributed by atoms with E-state index in [0.29, 0.717) is 16.3 Å². The first kappa shape index (κ1) is 18.1. The second-order valence-corrected chi connectivity index (χ2v) is 7.45. The molecule has 1 N–H and O–H groups in total. The minimum absolute atomic E-state index is 0.225. The zero-order valence-electron chi connectivity index (χ0n) is 15.1. The molecule has 0 aliphatic carbocycles. The van der Waals surface area contributed by atoms with E-state index in [0.717, 1.165) is 16.0 Å². The number of rotatable bonds is 5. The number of carbonyl (C=O) groups is 3. The number of imide groups is 1. The van der Waals surface area contributed by atoms with Crippen molar-refractivity contribution >= 4 is 34.2 Å². The normalized spacial score (nSPS) is 14.1. The zero-order chi connectivity index (χ0) is 19.7. The number of hydrogen-bond donors (Lipinski definition) is 1. The number of fused-ring (bicyclic) bond motifs is 1. The van der Waals surface area contributed by atoms with Crippen LogP contribution in [0.1, 0.15) is 31.8 Å². The van der Waals surface area contributed by atoms with Crippen LogP contribution in [0, 0.1) is 6.92 Å². The number of aryl methyl sites for hydroxylation is 1. The fourth-order valence-corrected chi connectivity index (χ4v) is 3.75. The minimum Gasteiger partial charge on any atom is -0.300 e. The molecule has 28 heavy (non-hydrogen) atoms. The molecule has 1 aliphatic heterocycles. The highest BCUT2D eigenvalue weighted by atomic mass is 32.1. The first-order chi connectivity index (χ1) is 13.5. The van der Waals surface area contributed by atoms with Crippen molar-refractivity contribution < 1.29 is 14.4 Å². The number of nitrogens with zero attached hydrogens (tertiary/aromatic N) is 2. The lowest BCUT2D eigenvalue weighted by Gasteiger charge is -2.25. The topological polar surface area (TPSA) is 79.4 Å². The molecule has 0 radical (unpaired) electrons. The van der Waals surface area contributed by atoms with Crippen LogP contribution < -0.4 is 5.32 Å². The summed E-state index contributed by atoms with van der Waals surface area (Å²) in [5.74, 6) is -1.34. The van der Waals surface area contributed by atoms with E-state index in [1.807, 2.05) is 31.2 Å². The highest BCUT2D eigenvalue weighted by Crippen LogP contribution is 2.27. The summed E-state index contributed by atoms with van der Waals surface area (Å²) >= 11 is 1.28. The molecular weight excluding hydrogens is 374 g/mol. The number of hydrogen-bond acceptors (Lipinski definition) is 5. The van der Waals surface area contributed by atoms with Crippen molar-refractivity contribution in [1.82, 2.24) is 9.88 Å². The van der Waals surface area contributed by atoms with Crippen LogP contribution in [-0.2, 0) is 11.2 Å². The molecule has 2 heterocycles. The lowest BCUT2D eigenvalue weighted by Crippen LogP contribution is -2.48. The highest BCUT2D eigenvalue weighted by molar-refractivity contribution is 7.13. The Bertz CT molecular complexity index is 1010. The molecule has 140 valence electrons. The van der Waals surface area contributed by atoms with Crippen LogP contribution in [0.4, 0.5) is 5.13 Å². The molecular formula is C21H17N3O3S. The number of carbonyl (C=O) groups excluding carboxylic acids is 3. The van der Waals surface area contributed by atoms with E-state index < -0.39 is 23.8 Å². The average Bonchev–Trinajstić information content (AvgIpc) is 3.29. The van der Waals surface area contributed by atoms with Crippen LogP contribution in [0.3, 0.4) is 0 Å². The Morgan fingerprint density at radius 3 is 2.29 bits per heavy atom. The van der Waals surface area contributed by atoms with E-state index in [1.165, 1.54) is 11.3 Å². The summed E-state index contributed by atoms with van der Waals surface area (Å²) in [6.45, 7) is 1.97. The van der Waals surface area contributed by atoms with Gasteiger partial charge in [0.05, 0.1) is 11.1 Å². The molecule has 6 nitrogen and oxygen atoms in total. The molecule has 7 heteroatoms. The van der Waals surface area contributed by atoms with Crippen molar-refractivity contribution in [2.75, 3.05) is 5.32 Å². The van der Waals surface area contributed by atoms with Gasteiger partial charge in [0.15, 0.2) is 5.13 Å². The Hall–Kier alpha value is -3.32. The summed E-state index contributed by atoms with van der Waals surface area (Å²) in [6, 6.07) is 13.3. The molecule has 3 amide bonds. The third-order valence-corrected chi connectivity index (χ3v) is 5.34. The van der Waals surface area contributed by atoms with Gasteiger partial charge in [-0.3, -0.25) is 19.3 Å². The second kappa shape index (κ2) is 7.36. The predicted molar refractivity (Wildman–Crippen MR) is 106 cm³/mol. The standard InChI is InChI=1S/C21H17N3O3S/c1-13-6-8-14(9-7-13)12-17(18(25)23-21-22-10-11-28-21)24-19(26)15-4-2-3-5-16(15)20(24)27/h2-11,17H,12H2,1H3,(H,22,23,25). The van der Waals surface area contributed by atoms with Gasteiger partial charge in [-0.25, -0.2) is 4.98 Å². The summed E-state index contributed by atoms with van der Waals surface area (Å²) < 4.78 is 0. The van der Waals surface area contributed by atoms with Crippen LogP contribution in [0.2, 0.25) is 0 Å². The van der Waals surface area contributed by atoms with E-state index in [4.69, 9.17) is 0 Å². The first-order valence-electron chi connectivity index (χ1n) is 8.77. The van der Waals surface area contributed by atoms with Gasteiger partial charge in [0.2, 0.25) is 5.91 Å². The zero-order valence-corrected chi connectivity index (χ0v) is 15.9. The fraction of sp³-hybridized carbons (Fsp3) is 0.143. The molecule has 1 unspecified atom stereocenters. The number of anilines is 1. The van der Waals surface area contributed by atoms with Gasteiger partial charge in [0.25, 0.3) is 11.8 Å². The third-order valence-electron chi connectivity index (χ3n) is 4.65. The smallest absolute Gasteiger partial charge is 0.262 e. The van der Waals surface area contributed by atoms with Gasteiger partial charge < -0.3 is 5.32 Å².